The lowest BCUT2D eigenvalue weighted by Crippen LogP contribution is -2.37. The van der Waals surface area contributed by atoms with Gasteiger partial charge in [0.15, 0.2) is 11.6 Å². The molecule has 2 aliphatic rings. The Morgan fingerprint density at radius 3 is 2.52 bits per heavy atom. The van der Waals surface area contributed by atoms with Crippen molar-refractivity contribution in [1.29, 1.82) is 0 Å². The van der Waals surface area contributed by atoms with E-state index in [1.165, 1.54) is 5.70 Å². The lowest BCUT2D eigenvalue weighted by Gasteiger charge is -2.23. The Balaban J connectivity index is 1.79. The lowest BCUT2D eigenvalue weighted by atomic mass is 9.95. The van der Waals surface area contributed by atoms with Crippen molar-refractivity contribution in [3.8, 4) is 0 Å². The van der Waals surface area contributed by atoms with Crippen molar-refractivity contribution in [1.82, 2.24) is 15.1 Å². The van der Waals surface area contributed by atoms with Crippen LogP contribution in [-0.2, 0) is 0 Å². The predicted octanol–water partition coefficient (Wildman–Crippen LogP) is 3.79. The number of hydrogen-bond donors (Lipinski definition) is 1. The van der Waals surface area contributed by atoms with Gasteiger partial charge in [-0.25, -0.2) is 13.2 Å². The number of nitrogens with one attached hydrogen (secondary N) is 1. The molecule has 1 saturated heterocycles. The van der Waals surface area contributed by atoms with E-state index in [1.807, 2.05) is 7.05 Å². The standard InChI is InChI=1S/C19H26F3N3/c1-19(2,3)23-8-7-15-16-9-12(10-25(16)11-24(15)4)17-13(20)5-6-14(21)18(17)22/h5-6,12,23H,7-11H2,1-4H3/t12-/m0/s1. The molecule has 0 spiro atoms. The molecule has 1 N–H and O–H groups in total. The fraction of sp³-hybridized carbons (Fsp3) is 0.579. The topological polar surface area (TPSA) is 18.5 Å². The van der Waals surface area contributed by atoms with Crippen LogP contribution in [0.3, 0.4) is 0 Å². The van der Waals surface area contributed by atoms with Gasteiger partial charge in [-0.15, -0.1) is 0 Å². The molecule has 0 radical (unpaired) electrons. The fourth-order valence-electron chi connectivity index (χ4n) is 3.81. The van der Waals surface area contributed by atoms with Crippen LogP contribution in [0.1, 0.15) is 45.1 Å². The average molecular weight is 353 g/mol. The first-order valence-corrected chi connectivity index (χ1v) is 8.74. The molecule has 0 saturated carbocycles. The lowest BCUT2D eigenvalue weighted by molar-refractivity contribution is 0.286. The van der Waals surface area contributed by atoms with Gasteiger partial charge in [0.05, 0.1) is 6.67 Å². The molecule has 0 unspecified atom stereocenters. The predicted molar refractivity (Wildman–Crippen MR) is 92.4 cm³/mol. The van der Waals surface area contributed by atoms with Gasteiger partial charge in [-0.3, -0.25) is 0 Å². The molecule has 3 nitrogen and oxygen atoms in total. The molecule has 1 aromatic rings. The van der Waals surface area contributed by atoms with Crippen molar-refractivity contribution in [3.63, 3.8) is 0 Å². The molecule has 25 heavy (non-hydrogen) atoms. The Hall–Kier alpha value is -1.69. The number of fused-ring (bicyclic) bond motifs is 1. The van der Waals surface area contributed by atoms with Crippen molar-refractivity contribution in [2.75, 3.05) is 26.8 Å². The minimum Gasteiger partial charge on any atom is -0.359 e. The highest BCUT2D eigenvalue weighted by Gasteiger charge is 2.38. The van der Waals surface area contributed by atoms with Crippen LogP contribution in [-0.4, -0.2) is 42.1 Å². The SMILES string of the molecule is CN1CN2C[C@@H](c3c(F)ccc(F)c3F)CC2=C1CCNC(C)(C)C. The van der Waals surface area contributed by atoms with Crippen molar-refractivity contribution in [2.45, 2.75) is 45.1 Å². The number of halogens is 3. The van der Waals surface area contributed by atoms with Crippen LogP contribution >= 0.6 is 0 Å². The monoisotopic (exact) mass is 353 g/mol. The Morgan fingerprint density at radius 1 is 1.16 bits per heavy atom. The second-order valence-electron chi connectivity index (χ2n) is 8.04. The van der Waals surface area contributed by atoms with E-state index in [0.29, 0.717) is 13.0 Å². The van der Waals surface area contributed by atoms with Crippen LogP contribution in [0, 0.1) is 17.5 Å². The molecule has 1 aromatic carbocycles. The number of rotatable bonds is 4. The normalized spacial score (nSPS) is 20.7. The highest BCUT2D eigenvalue weighted by Crippen LogP contribution is 2.42. The van der Waals surface area contributed by atoms with E-state index in [0.717, 1.165) is 37.5 Å². The van der Waals surface area contributed by atoms with Gasteiger partial charge in [-0.2, -0.15) is 0 Å². The van der Waals surface area contributed by atoms with Crippen molar-refractivity contribution < 1.29 is 13.2 Å². The van der Waals surface area contributed by atoms with E-state index in [9.17, 15) is 13.2 Å². The van der Waals surface area contributed by atoms with Crippen LogP contribution < -0.4 is 5.32 Å². The molecule has 0 aliphatic carbocycles. The molecule has 3 rings (SSSR count). The van der Waals surface area contributed by atoms with Gasteiger partial charge >= 0.3 is 0 Å². The zero-order valence-corrected chi connectivity index (χ0v) is 15.3. The summed E-state index contributed by atoms with van der Waals surface area (Å²) in [6.45, 7) is 8.44. The third kappa shape index (κ3) is 3.64. The van der Waals surface area contributed by atoms with Gasteiger partial charge in [0.25, 0.3) is 0 Å². The maximum absolute atomic E-state index is 14.1. The van der Waals surface area contributed by atoms with Crippen LogP contribution in [0.5, 0.6) is 0 Å². The minimum atomic E-state index is -1.05. The molecule has 0 aromatic heterocycles. The number of nitrogens with zero attached hydrogens (tertiary/aromatic N) is 2. The van der Waals surface area contributed by atoms with Crippen LogP contribution in [0.2, 0.25) is 0 Å². The second kappa shape index (κ2) is 6.56. The molecule has 6 heteroatoms. The van der Waals surface area contributed by atoms with Crippen molar-refractivity contribution >= 4 is 0 Å². The van der Waals surface area contributed by atoms with E-state index in [-0.39, 0.29) is 17.0 Å². The number of benzene rings is 1. The van der Waals surface area contributed by atoms with E-state index >= 15 is 0 Å². The average Bonchev–Trinajstić information content (AvgIpc) is 3.01. The summed E-state index contributed by atoms with van der Waals surface area (Å²) in [6, 6.07) is 1.87. The number of allylic oxidation sites excluding steroid dienone is 1. The van der Waals surface area contributed by atoms with Crippen molar-refractivity contribution in [2.24, 2.45) is 0 Å². The van der Waals surface area contributed by atoms with E-state index in [1.54, 1.807) is 0 Å². The molecule has 1 atom stereocenters. The Morgan fingerprint density at radius 2 is 1.84 bits per heavy atom. The molecule has 0 bridgehead atoms. The molecule has 2 heterocycles. The maximum atomic E-state index is 14.1. The van der Waals surface area contributed by atoms with Crippen LogP contribution in [0.25, 0.3) is 0 Å². The highest BCUT2D eigenvalue weighted by molar-refractivity contribution is 5.32. The van der Waals surface area contributed by atoms with Crippen LogP contribution in [0.4, 0.5) is 13.2 Å². The summed E-state index contributed by atoms with van der Waals surface area (Å²) in [5, 5.41) is 3.47. The minimum absolute atomic E-state index is 0.0497. The van der Waals surface area contributed by atoms with Crippen LogP contribution in [0.15, 0.2) is 23.5 Å². The molecular weight excluding hydrogens is 327 g/mol. The fourth-order valence-corrected chi connectivity index (χ4v) is 3.81. The third-order valence-corrected chi connectivity index (χ3v) is 4.94. The Kier molecular flexibility index (Phi) is 4.75. The number of hydrogen-bond acceptors (Lipinski definition) is 3. The Labute approximate surface area is 147 Å². The summed E-state index contributed by atoms with van der Waals surface area (Å²) in [4.78, 5) is 4.34. The molecule has 2 aliphatic heterocycles. The van der Waals surface area contributed by atoms with Gasteiger partial charge in [-0.05, 0) is 39.3 Å². The van der Waals surface area contributed by atoms with Crippen molar-refractivity contribution in [3.05, 3.63) is 46.5 Å². The summed E-state index contributed by atoms with van der Waals surface area (Å²) in [5.74, 6) is -3.03. The van der Waals surface area contributed by atoms with Gasteiger partial charge in [0, 0.05) is 55.0 Å². The molecular formula is C19H26F3N3. The van der Waals surface area contributed by atoms with Gasteiger partial charge in [0.1, 0.15) is 5.82 Å². The van der Waals surface area contributed by atoms with Gasteiger partial charge < -0.3 is 15.1 Å². The first-order valence-electron chi connectivity index (χ1n) is 8.74. The third-order valence-electron chi connectivity index (χ3n) is 4.94. The highest BCUT2D eigenvalue weighted by atomic mass is 19.2. The maximum Gasteiger partial charge on any atom is 0.165 e. The Bertz CT molecular complexity index is 694. The summed E-state index contributed by atoms with van der Waals surface area (Å²) < 4.78 is 41.8. The van der Waals surface area contributed by atoms with E-state index < -0.39 is 17.5 Å². The summed E-state index contributed by atoms with van der Waals surface area (Å²) in [7, 11) is 2.04. The first-order chi connectivity index (χ1) is 11.7. The zero-order valence-electron chi connectivity index (χ0n) is 15.3. The van der Waals surface area contributed by atoms with E-state index in [4.69, 9.17) is 0 Å². The second-order valence-corrected chi connectivity index (χ2v) is 8.04. The first kappa shape index (κ1) is 18.1. The largest absolute Gasteiger partial charge is 0.359 e. The van der Waals surface area contributed by atoms with Gasteiger partial charge in [-0.1, -0.05) is 0 Å². The summed E-state index contributed by atoms with van der Waals surface area (Å²) in [5.41, 5.74) is 2.27. The molecule has 0 amide bonds. The summed E-state index contributed by atoms with van der Waals surface area (Å²) >= 11 is 0. The smallest absolute Gasteiger partial charge is 0.165 e. The summed E-state index contributed by atoms with van der Waals surface area (Å²) in [6.07, 6.45) is 1.41. The molecule has 1 fully saturated rings. The quantitative estimate of drug-likeness (QED) is 0.831. The zero-order chi connectivity index (χ0) is 18.4. The van der Waals surface area contributed by atoms with Gasteiger partial charge in [0.2, 0.25) is 0 Å². The van der Waals surface area contributed by atoms with E-state index in [2.05, 4.69) is 35.9 Å². The molecule has 138 valence electrons.